The Labute approximate surface area is 106 Å². The molecule has 1 fully saturated rings. The van der Waals surface area contributed by atoms with Gasteiger partial charge in [-0.1, -0.05) is 11.8 Å². The van der Waals surface area contributed by atoms with E-state index in [4.69, 9.17) is 5.73 Å². The molecule has 2 N–H and O–H groups in total. The van der Waals surface area contributed by atoms with Gasteiger partial charge in [0, 0.05) is 18.7 Å². The molecule has 1 heterocycles. The van der Waals surface area contributed by atoms with Crippen LogP contribution in [0.1, 0.15) is 28.8 Å². The molecule has 94 valence electrons. The van der Waals surface area contributed by atoms with E-state index in [1.165, 1.54) is 12.1 Å². The predicted octanol–water partition coefficient (Wildman–Crippen LogP) is 1.37. The number of rotatable bonds is 1. The van der Waals surface area contributed by atoms with Crippen LogP contribution in [0.3, 0.4) is 0 Å². The van der Waals surface area contributed by atoms with E-state index in [0.717, 1.165) is 12.8 Å². The monoisotopic (exact) mass is 246 g/mol. The summed E-state index contributed by atoms with van der Waals surface area (Å²) in [7, 11) is 0. The van der Waals surface area contributed by atoms with E-state index in [9.17, 15) is 9.18 Å². The number of nitrogens with two attached hydrogens (primary N) is 1. The molecule has 1 aliphatic heterocycles. The molecule has 0 unspecified atom stereocenters. The summed E-state index contributed by atoms with van der Waals surface area (Å²) in [6.45, 7) is 1.66. The molecule has 1 aromatic carbocycles. The standard InChI is InChI=1S/C14H15FN2O/c15-13-10-11(4-3-7-16)5-6-12(13)14(18)17-8-1-2-9-17/h5-6,10H,1-2,7-9,16H2. The highest BCUT2D eigenvalue weighted by Gasteiger charge is 2.21. The molecule has 18 heavy (non-hydrogen) atoms. The third-order valence-electron chi connectivity index (χ3n) is 2.93. The Morgan fingerprint density at radius 3 is 2.72 bits per heavy atom. The molecule has 1 saturated heterocycles. The lowest BCUT2D eigenvalue weighted by atomic mass is 10.1. The van der Waals surface area contributed by atoms with E-state index < -0.39 is 5.82 Å². The summed E-state index contributed by atoms with van der Waals surface area (Å²) in [5.41, 5.74) is 5.91. The van der Waals surface area contributed by atoms with Crippen LogP contribution >= 0.6 is 0 Å². The van der Waals surface area contributed by atoms with E-state index in [1.807, 2.05) is 0 Å². The fourth-order valence-corrected chi connectivity index (χ4v) is 2.01. The fourth-order valence-electron chi connectivity index (χ4n) is 2.01. The number of amides is 1. The molecule has 1 amide bonds. The third kappa shape index (κ3) is 2.69. The van der Waals surface area contributed by atoms with Gasteiger partial charge in [0.1, 0.15) is 5.82 Å². The molecule has 2 rings (SSSR count). The van der Waals surface area contributed by atoms with Crippen LogP contribution in [0.25, 0.3) is 0 Å². The summed E-state index contributed by atoms with van der Waals surface area (Å²) in [4.78, 5) is 13.7. The van der Waals surface area contributed by atoms with Crippen LogP contribution in [0, 0.1) is 17.7 Å². The third-order valence-corrected chi connectivity index (χ3v) is 2.93. The van der Waals surface area contributed by atoms with Gasteiger partial charge in [0.25, 0.3) is 5.91 Å². The van der Waals surface area contributed by atoms with Gasteiger partial charge in [-0.15, -0.1) is 0 Å². The highest BCUT2D eigenvalue weighted by atomic mass is 19.1. The number of likely N-dealkylation sites (tertiary alicyclic amines) is 1. The molecule has 0 bridgehead atoms. The van der Waals surface area contributed by atoms with E-state index in [-0.39, 0.29) is 18.0 Å². The van der Waals surface area contributed by atoms with Gasteiger partial charge in [-0.25, -0.2) is 4.39 Å². The molecule has 1 aromatic rings. The first-order chi connectivity index (χ1) is 8.72. The van der Waals surface area contributed by atoms with Crippen molar-refractivity contribution >= 4 is 5.91 Å². The van der Waals surface area contributed by atoms with Crippen molar-refractivity contribution in [3.05, 3.63) is 35.1 Å². The lowest BCUT2D eigenvalue weighted by Gasteiger charge is -2.15. The van der Waals surface area contributed by atoms with Gasteiger partial charge in [-0.3, -0.25) is 4.79 Å². The smallest absolute Gasteiger partial charge is 0.256 e. The maximum Gasteiger partial charge on any atom is 0.256 e. The average Bonchev–Trinajstić information content (AvgIpc) is 2.89. The molecule has 0 radical (unpaired) electrons. The molecule has 4 heteroatoms. The first kappa shape index (κ1) is 12.6. The number of halogens is 1. The van der Waals surface area contributed by atoms with Gasteiger partial charge in [0.05, 0.1) is 12.1 Å². The summed E-state index contributed by atoms with van der Waals surface area (Å²) in [6, 6.07) is 4.43. The van der Waals surface area contributed by atoms with Crippen molar-refractivity contribution in [2.45, 2.75) is 12.8 Å². The number of carbonyl (C=O) groups is 1. The van der Waals surface area contributed by atoms with Crippen LogP contribution in [0.5, 0.6) is 0 Å². The zero-order valence-corrected chi connectivity index (χ0v) is 10.1. The van der Waals surface area contributed by atoms with Crippen LogP contribution in [-0.2, 0) is 0 Å². The Balaban J connectivity index is 2.21. The van der Waals surface area contributed by atoms with Gasteiger partial charge in [-0.05, 0) is 31.0 Å². The lowest BCUT2D eigenvalue weighted by molar-refractivity contribution is 0.0788. The highest BCUT2D eigenvalue weighted by molar-refractivity contribution is 5.94. The van der Waals surface area contributed by atoms with Crippen LogP contribution in [-0.4, -0.2) is 30.4 Å². The van der Waals surface area contributed by atoms with Crippen molar-refractivity contribution in [1.29, 1.82) is 0 Å². The predicted molar refractivity (Wildman–Crippen MR) is 67.5 cm³/mol. The number of nitrogens with zero attached hydrogens (tertiary/aromatic N) is 1. The van der Waals surface area contributed by atoms with Crippen molar-refractivity contribution in [1.82, 2.24) is 4.90 Å². The summed E-state index contributed by atoms with van der Waals surface area (Å²) >= 11 is 0. The summed E-state index contributed by atoms with van der Waals surface area (Å²) in [5.74, 6) is 4.64. The lowest BCUT2D eigenvalue weighted by Crippen LogP contribution is -2.28. The molecule has 0 saturated carbocycles. The van der Waals surface area contributed by atoms with E-state index in [1.54, 1.807) is 11.0 Å². The summed E-state index contributed by atoms with van der Waals surface area (Å²) in [5, 5.41) is 0. The minimum Gasteiger partial charge on any atom is -0.339 e. The minimum atomic E-state index is -0.518. The van der Waals surface area contributed by atoms with Crippen molar-refractivity contribution in [2.75, 3.05) is 19.6 Å². The minimum absolute atomic E-state index is 0.121. The normalized spacial score (nSPS) is 14.2. The number of carbonyl (C=O) groups excluding carboxylic acids is 1. The topological polar surface area (TPSA) is 46.3 Å². The molecule has 0 atom stereocenters. The second-order valence-corrected chi connectivity index (χ2v) is 4.20. The molecule has 3 nitrogen and oxygen atoms in total. The van der Waals surface area contributed by atoms with Gasteiger partial charge in [0.15, 0.2) is 0 Å². The zero-order chi connectivity index (χ0) is 13.0. The van der Waals surface area contributed by atoms with Gasteiger partial charge >= 0.3 is 0 Å². The largest absolute Gasteiger partial charge is 0.339 e. The van der Waals surface area contributed by atoms with E-state index >= 15 is 0 Å². The maximum atomic E-state index is 13.8. The molecule has 0 aromatic heterocycles. The van der Waals surface area contributed by atoms with Crippen LogP contribution in [0.15, 0.2) is 18.2 Å². The Kier molecular flexibility index (Phi) is 3.96. The van der Waals surface area contributed by atoms with Gasteiger partial charge in [-0.2, -0.15) is 0 Å². The fraction of sp³-hybridized carbons (Fsp3) is 0.357. The number of hydrogen-bond acceptors (Lipinski definition) is 2. The Bertz CT molecular complexity index is 510. The maximum absolute atomic E-state index is 13.8. The first-order valence-electron chi connectivity index (χ1n) is 6.00. The quantitative estimate of drug-likeness (QED) is 0.761. The Hall–Kier alpha value is -1.86. The molecule has 0 spiro atoms. The molecule has 1 aliphatic rings. The molecular formula is C14H15FN2O. The molecule has 0 aliphatic carbocycles. The Morgan fingerprint density at radius 2 is 2.11 bits per heavy atom. The number of benzene rings is 1. The van der Waals surface area contributed by atoms with E-state index in [0.29, 0.717) is 18.7 Å². The van der Waals surface area contributed by atoms with Crippen LogP contribution in [0.4, 0.5) is 4.39 Å². The Morgan fingerprint density at radius 1 is 1.39 bits per heavy atom. The molecular weight excluding hydrogens is 231 g/mol. The zero-order valence-electron chi connectivity index (χ0n) is 10.1. The van der Waals surface area contributed by atoms with Crippen molar-refractivity contribution in [3.63, 3.8) is 0 Å². The van der Waals surface area contributed by atoms with E-state index in [2.05, 4.69) is 11.8 Å². The second kappa shape index (κ2) is 5.65. The number of hydrogen-bond donors (Lipinski definition) is 1. The van der Waals surface area contributed by atoms with Crippen molar-refractivity contribution < 1.29 is 9.18 Å². The summed E-state index contributed by atoms with van der Waals surface area (Å²) < 4.78 is 13.8. The van der Waals surface area contributed by atoms with Crippen molar-refractivity contribution in [3.8, 4) is 11.8 Å². The average molecular weight is 246 g/mol. The second-order valence-electron chi connectivity index (χ2n) is 4.20. The first-order valence-corrected chi connectivity index (χ1v) is 6.00. The van der Waals surface area contributed by atoms with Gasteiger partial charge < -0.3 is 10.6 Å². The summed E-state index contributed by atoms with van der Waals surface area (Å²) in [6.07, 6.45) is 1.99. The van der Waals surface area contributed by atoms with Crippen LogP contribution in [0.2, 0.25) is 0 Å². The SMILES string of the molecule is NCC#Cc1ccc(C(=O)N2CCCC2)c(F)c1. The van der Waals surface area contributed by atoms with Gasteiger partial charge in [0.2, 0.25) is 0 Å². The van der Waals surface area contributed by atoms with Crippen LogP contribution < -0.4 is 5.73 Å². The highest BCUT2D eigenvalue weighted by Crippen LogP contribution is 2.16. The van der Waals surface area contributed by atoms with Crippen molar-refractivity contribution in [2.24, 2.45) is 5.73 Å².